The SMILES string of the molecule is C/C=C1/CC2(NC(=O)CCNC(C)(C)C)CCC1(C)C2. The number of fused-ring (bicyclic) bond motifs is 2. The van der Waals surface area contributed by atoms with Crippen LogP contribution in [0.25, 0.3) is 0 Å². The number of allylic oxidation sites excluding steroid dienone is 1. The fourth-order valence-electron chi connectivity index (χ4n) is 3.95. The Hall–Kier alpha value is -0.830. The van der Waals surface area contributed by atoms with Crippen molar-refractivity contribution in [1.29, 1.82) is 0 Å². The van der Waals surface area contributed by atoms with Gasteiger partial charge in [0.25, 0.3) is 0 Å². The second kappa shape index (κ2) is 5.18. The number of carbonyl (C=O) groups is 1. The van der Waals surface area contributed by atoms with E-state index in [0.717, 1.165) is 25.8 Å². The first-order valence-electron chi connectivity index (χ1n) is 7.90. The Morgan fingerprint density at radius 3 is 2.60 bits per heavy atom. The van der Waals surface area contributed by atoms with Crippen LogP contribution < -0.4 is 10.6 Å². The first kappa shape index (κ1) is 15.6. The van der Waals surface area contributed by atoms with Gasteiger partial charge >= 0.3 is 0 Å². The Labute approximate surface area is 123 Å². The molecule has 0 radical (unpaired) electrons. The van der Waals surface area contributed by atoms with Gasteiger partial charge in [0.15, 0.2) is 0 Å². The number of rotatable bonds is 4. The van der Waals surface area contributed by atoms with E-state index >= 15 is 0 Å². The number of nitrogens with one attached hydrogen (secondary N) is 2. The molecule has 0 aromatic heterocycles. The summed E-state index contributed by atoms with van der Waals surface area (Å²) in [5.41, 5.74) is 2.01. The van der Waals surface area contributed by atoms with Gasteiger partial charge in [0.05, 0.1) is 0 Å². The van der Waals surface area contributed by atoms with Crippen LogP contribution >= 0.6 is 0 Å². The van der Waals surface area contributed by atoms with E-state index in [4.69, 9.17) is 0 Å². The summed E-state index contributed by atoms with van der Waals surface area (Å²) < 4.78 is 0. The van der Waals surface area contributed by atoms with Gasteiger partial charge in [0.1, 0.15) is 0 Å². The van der Waals surface area contributed by atoms with E-state index in [-0.39, 0.29) is 17.0 Å². The van der Waals surface area contributed by atoms with Crippen LogP contribution in [0.15, 0.2) is 11.6 Å². The van der Waals surface area contributed by atoms with Crippen LogP contribution in [0.5, 0.6) is 0 Å². The number of hydrogen-bond donors (Lipinski definition) is 2. The van der Waals surface area contributed by atoms with Gasteiger partial charge in [0.2, 0.25) is 5.91 Å². The molecule has 2 fully saturated rings. The average molecular weight is 278 g/mol. The van der Waals surface area contributed by atoms with Crippen LogP contribution in [0.4, 0.5) is 0 Å². The molecule has 20 heavy (non-hydrogen) atoms. The Morgan fingerprint density at radius 1 is 1.35 bits per heavy atom. The predicted octanol–water partition coefficient (Wildman–Crippen LogP) is 3.16. The highest BCUT2D eigenvalue weighted by Crippen LogP contribution is 2.59. The average Bonchev–Trinajstić information content (AvgIpc) is 2.76. The molecule has 0 aromatic carbocycles. The van der Waals surface area contributed by atoms with E-state index in [9.17, 15) is 4.79 Å². The Balaban J connectivity index is 1.87. The van der Waals surface area contributed by atoms with Crippen molar-refractivity contribution in [2.45, 2.75) is 77.8 Å². The zero-order chi connectivity index (χ0) is 15.0. The standard InChI is InChI=1S/C17H30N2O/c1-6-13-11-17(9-8-16(13,5)12-17)19-14(20)7-10-18-15(2,3)4/h6,18H,7-12H2,1-5H3,(H,19,20)/b13-6-. The van der Waals surface area contributed by atoms with Crippen molar-refractivity contribution in [3.8, 4) is 0 Å². The summed E-state index contributed by atoms with van der Waals surface area (Å²) in [6.45, 7) is 11.6. The molecule has 3 nitrogen and oxygen atoms in total. The van der Waals surface area contributed by atoms with Crippen molar-refractivity contribution in [2.24, 2.45) is 5.41 Å². The van der Waals surface area contributed by atoms with Crippen molar-refractivity contribution in [2.75, 3.05) is 6.54 Å². The maximum Gasteiger partial charge on any atom is 0.221 e. The quantitative estimate of drug-likeness (QED) is 0.776. The lowest BCUT2D eigenvalue weighted by Crippen LogP contribution is -2.46. The molecule has 2 aliphatic carbocycles. The van der Waals surface area contributed by atoms with Crippen molar-refractivity contribution < 1.29 is 4.79 Å². The lowest BCUT2D eigenvalue weighted by molar-refractivity contribution is -0.122. The largest absolute Gasteiger partial charge is 0.350 e. The molecule has 2 unspecified atom stereocenters. The normalized spacial score (nSPS) is 34.8. The van der Waals surface area contributed by atoms with Crippen molar-refractivity contribution in [3.05, 3.63) is 11.6 Å². The highest BCUT2D eigenvalue weighted by atomic mass is 16.1. The van der Waals surface area contributed by atoms with Gasteiger partial charge in [-0.15, -0.1) is 0 Å². The van der Waals surface area contributed by atoms with E-state index in [1.807, 2.05) is 0 Å². The van der Waals surface area contributed by atoms with Gasteiger partial charge in [-0.05, 0) is 58.8 Å². The van der Waals surface area contributed by atoms with Gasteiger partial charge in [-0.3, -0.25) is 4.79 Å². The summed E-state index contributed by atoms with van der Waals surface area (Å²) in [7, 11) is 0. The fraction of sp³-hybridized carbons (Fsp3) is 0.824. The molecule has 0 saturated heterocycles. The molecular formula is C17H30N2O. The van der Waals surface area contributed by atoms with Crippen LogP contribution in [0, 0.1) is 5.41 Å². The summed E-state index contributed by atoms with van der Waals surface area (Å²) in [6, 6.07) is 0. The molecule has 3 heteroatoms. The zero-order valence-corrected chi connectivity index (χ0v) is 13.7. The first-order chi connectivity index (χ1) is 9.18. The monoisotopic (exact) mass is 278 g/mol. The van der Waals surface area contributed by atoms with Crippen LogP contribution in [-0.4, -0.2) is 23.5 Å². The fourth-order valence-corrected chi connectivity index (χ4v) is 3.95. The molecule has 1 amide bonds. The third-order valence-corrected chi connectivity index (χ3v) is 4.95. The van der Waals surface area contributed by atoms with E-state index in [0.29, 0.717) is 11.8 Å². The molecule has 0 heterocycles. The first-order valence-corrected chi connectivity index (χ1v) is 7.90. The molecule has 2 atom stereocenters. The highest BCUT2D eigenvalue weighted by molar-refractivity contribution is 5.77. The maximum atomic E-state index is 12.2. The minimum atomic E-state index is 0.0510. The molecule has 0 aromatic rings. The zero-order valence-electron chi connectivity index (χ0n) is 13.7. The maximum absolute atomic E-state index is 12.2. The van der Waals surface area contributed by atoms with Crippen LogP contribution in [0.1, 0.15) is 66.7 Å². The molecule has 0 aliphatic heterocycles. The van der Waals surface area contributed by atoms with Gasteiger partial charge < -0.3 is 10.6 Å². The molecule has 2 N–H and O–H groups in total. The molecule has 0 spiro atoms. The molecule has 2 aliphatic rings. The molecule has 114 valence electrons. The van der Waals surface area contributed by atoms with Crippen molar-refractivity contribution >= 4 is 5.91 Å². The van der Waals surface area contributed by atoms with Crippen LogP contribution in [-0.2, 0) is 4.79 Å². The van der Waals surface area contributed by atoms with Crippen LogP contribution in [0.3, 0.4) is 0 Å². The van der Waals surface area contributed by atoms with Gasteiger partial charge in [-0.25, -0.2) is 0 Å². The Morgan fingerprint density at radius 2 is 2.05 bits per heavy atom. The number of hydrogen-bond acceptors (Lipinski definition) is 2. The minimum absolute atomic E-state index is 0.0510. The second-order valence-corrected chi connectivity index (χ2v) is 7.98. The summed E-state index contributed by atoms with van der Waals surface area (Å²) in [5, 5.41) is 6.71. The third kappa shape index (κ3) is 3.25. The predicted molar refractivity (Wildman–Crippen MR) is 83.6 cm³/mol. The van der Waals surface area contributed by atoms with Crippen LogP contribution in [0.2, 0.25) is 0 Å². The van der Waals surface area contributed by atoms with E-state index in [2.05, 4.69) is 51.3 Å². The lowest BCUT2D eigenvalue weighted by atomic mass is 9.81. The summed E-state index contributed by atoms with van der Waals surface area (Å²) in [6.07, 6.45) is 7.36. The van der Waals surface area contributed by atoms with E-state index in [1.165, 1.54) is 12.0 Å². The second-order valence-electron chi connectivity index (χ2n) is 7.98. The molecule has 2 rings (SSSR count). The third-order valence-electron chi connectivity index (χ3n) is 4.95. The number of carbonyl (C=O) groups excluding carboxylic acids is 1. The topological polar surface area (TPSA) is 41.1 Å². The number of amides is 1. The van der Waals surface area contributed by atoms with Crippen molar-refractivity contribution in [3.63, 3.8) is 0 Å². The Bertz CT molecular complexity index is 421. The molecular weight excluding hydrogens is 248 g/mol. The minimum Gasteiger partial charge on any atom is -0.350 e. The molecule has 2 saturated carbocycles. The van der Waals surface area contributed by atoms with Gasteiger partial charge in [0, 0.05) is 24.0 Å². The van der Waals surface area contributed by atoms with E-state index < -0.39 is 0 Å². The van der Waals surface area contributed by atoms with E-state index in [1.54, 1.807) is 0 Å². The lowest BCUT2D eigenvalue weighted by Gasteiger charge is -2.30. The summed E-state index contributed by atoms with van der Waals surface area (Å²) in [5.74, 6) is 0.198. The summed E-state index contributed by atoms with van der Waals surface area (Å²) >= 11 is 0. The Kier molecular flexibility index (Phi) is 4.03. The summed E-state index contributed by atoms with van der Waals surface area (Å²) in [4.78, 5) is 12.2. The highest BCUT2D eigenvalue weighted by Gasteiger charge is 2.54. The van der Waals surface area contributed by atoms with Crippen molar-refractivity contribution in [1.82, 2.24) is 10.6 Å². The van der Waals surface area contributed by atoms with Gasteiger partial charge in [-0.2, -0.15) is 0 Å². The molecule has 2 bridgehead atoms. The smallest absolute Gasteiger partial charge is 0.221 e. The van der Waals surface area contributed by atoms with Gasteiger partial charge in [-0.1, -0.05) is 18.6 Å².